The van der Waals surface area contributed by atoms with Crippen LogP contribution in [0.5, 0.6) is 0 Å². The third-order valence-electron chi connectivity index (χ3n) is 3.04. The lowest BCUT2D eigenvalue weighted by atomic mass is 9.88. The van der Waals surface area contributed by atoms with Crippen LogP contribution in [0.15, 0.2) is 47.1 Å². The molecule has 0 unspecified atom stereocenters. The minimum atomic E-state index is -0.733. The number of rotatable bonds is 3. The molecule has 0 amide bonds. The number of carbonyl (C=O) groups is 1. The van der Waals surface area contributed by atoms with Gasteiger partial charge in [-0.05, 0) is 36.8 Å². The van der Waals surface area contributed by atoms with Crippen LogP contribution in [0.3, 0.4) is 0 Å². The first-order valence-electron chi connectivity index (χ1n) is 5.72. The minimum Gasteiger partial charge on any atom is -0.481 e. The van der Waals surface area contributed by atoms with E-state index >= 15 is 0 Å². The Balaban J connectivity index is 2.06. The van der Waals surface area contributed by atoms with Crippen LogP contribution in [0.4, 0.5) is 0 Å². The van der Waals surface area contributed by atoms with Crippen molar-refractivity contribution in [2.45, 2.75) is 32.1 Å². The van der Waals surface area contributed by atoms with Crippen molar-refractivity contribution in [1.29, 1.82) is 0 Å². The van der Waals surface area contributed by atoms with Gasteiger partial charge in [-0.25, -0.2) is 0 Å². The Morgan fingerprint density at radius 1 is 1.12 bits per heavy atom. The number of carboxylic acid groups (broad SMARTS) is 1. The standard InChI is InChI=1S/C14H16O2/c15-14(16)10-11-6-8-13(9-7-11)12-4-2-1-3-5-12/h1-2,4,6,8H,3,5,7,9-10H2,(H,15,16). The highest BCUT2D eigenvalue weighted by molar-refractivity contribution is 5.70. The zero-order valence-electron chi connectivity index (χ0n) is 9.28. The Labute approximate surface area is 95.7 Å². The van der Waals surface area contributed by atoms with Gasteiger partial charge in [-0.3, -0.25) is 4.79 Å². The molecule has 0 saturated heterocycles. The largest absolute Gasteiger partial charge is 0.481 e. The van der Waals surface area contributed by atoms with E-state index in [4.69, 9.17) is 5.11 Å². The highest BCUT2D eigenvalue weighted by Gasteiger charge is 2.12. The van der Waals surface area contributed by atoms with Gasteiger partial charge in [0.15, 0.2) is 0 Å². The van der Waals surface area contributed by atoms with Crippen molar-refractivity contribution < 1.29 is 9.90 Å². The van der Waals surface area contributed by atoms with Gasteiger partial charge in [0.1, 0.15) is 0 Å². The van der Waals surface area contributed by atoms with E-state index < -0.39 is 5.97 Å². The Hall–Kier alpha value is -1.57. The molecule has 0 bridgehead atoms. The molecule has 2 aliphatic carbocycles. The zero-order valence-corrected chi connectivity index (χ0v) is 9.28. The third kappa shape index (κ3) is 2.72. The molecule has 0 saturated carbocycles. The van der Waals surface area contributed by atoms with Crippen LogP contribution in [0.1, 0.15) is 32.1 Å². The second-order valence-electron chi connectivity index (χ2n) is 4.25. The summed E-state index contributed by atoms with van der Waals surface area (Å²) in [5, 5.41) is 8.70. The van der Waals surface area contributed by atoms with Crippen LogP contribution < -0.4 is 0 Å². The van der Waals surface area contributed by atoms with E-state index in [1.165, 1.54) is 11.1 Å². The molecule has 0 fully saturated rings. The molecule has 2 rings (SSSR count). The molecule has 0 atom stereocenters. The molecule has 2 heteroatoms. The average molecular weight is 216 g/mol. The van der Waals surface area contributed by atoms with Crippen LogP contribution in [0, 0.1) is 0 Å². The van der Waals surface area contributed by atoms with E-state index in [9.17, 15) is 4.79 Å². The molecule has 84 valence electrons. The lowest BCUT2D eigenvalue weighted by Crippen LogP contribution is -2.02. The molecule has 0 aromatic heterocycles. The summed E-state index contributed by atoms with van der Waals surface area (Å²) in [5.74, 6) is -0.733. The minimum absolute atomic E-state index is 0.183. The number of aliphatic carboxylic acids is 1. The summed E-state index contributed by atoms with van der Waals surface area (Å²) in [6, 6.07) is 0. The van der Waals surface area contributed by atoms with E-state index in [2.05, 4.69) is 24.3 Å². The maximum atomic E-state index is 10.6. The van der Waals surface area contributed by atoms with E-state index in [-0.39, 0.29) is 6.42 Å². The van der Waals surface area contributed by atoms with Gasteiger partial charge >= 0.3 is 5.97 Å². The van der Waals surface area contributed by atoms with E-state index in [0.29, 0.717) is 0 Å². The summed E-state index contributed by atoms with van der Waals surface area (Å²) in [6.07, 6.45) is 14.8. The van der Waals surface area contributed by atoms with E-state index in [0.717, 1.165) is 31.3 Å². The fourth-order valence-corrected chi connectivity index (χ4v) is 2.16. The molecule has 0 heterocycles. The number of allylic oxidation sites excluding steroid dienone is 7. The summed E-state index contributed by atoms with van der Waals surface area (Å²) < 4.78 is 0. The predicted octanol–water partition coefficient (Wildman–Crippen LogP) is 3.38. The monoisotopic (exact) mass is 216 g/mol. The molecular weight excluding hydrogens is 200 g/mol. The molecule has 0 aliphatic heterocycles. The Morgan fingerprint density at radius 3 is 2.50 bits per heavy atom. The first kappa shape index (κ1) is 10.9. The van der Waals surface area contributed by atoms with Crippen molar-refractivity contribution in [2.75, 3.05) is 0 Å². The Bertz CT molecular complexity index is 408. The summed E-state index contributed by atoms with van der Waals surface area (Å²) in [5.41, 5.74) is 3.81. The van der Waals surface area contributed by atoms with Gasteiger partial charge in [0.05, 0.1) is 6.42 Å². The van der Waals surface area contributed by atoms with Gasteiger partial charge in [0, 0.05) is 0 Å². The molecule has 1 N–H and O–H groups in total. The molecule has 2 nitrogen and oxygen atoms in total. The number of hydrogen-bond donors (Lipinski definition) is 1. The third-order valence-corrected chi connectivity index (χ3v) is 3.04. The van der Waals surface area contributed by atoms with Crippen LogP contribution >= 0.6 is 0 Å². The SMILES string of the molecule is O=C(O)CC1=CC=C(C2=CC=CCC2)CC1. The van der Waals surface area contributed by atoms with Gasteiger partial charge in [0.2, 0.25) is 0 Å². The van der Waals surface area contributed by atoms with Crippen molar-refractivity contribution in [3.8, 4) is 0 Å². The Morgan fingerprint density at radius 2 is 1.94 bits per heavy atom. The zero-order chi connectivity index (χ0) is 11.4. The van der Waals surface area contributed by atoms with Crippen molar-refractivity contribution in [3.63, 3.8) is 0 Å². The van der Waals surface area contributed by atoms with Gasteiger partial charge < -0.3 is 5.11 Å². The predicted molar refractivity (Wildman–Crippen MR) is 64.1 cm³/mol. The smallest absolute Gasteiger partial charge is 0.307 e. The molecule has 2 aliphatic rings. The molecule has 0 radical (unpaired) electrons. The van der Waals surface area contributed by atoms with Crippen molar-refractivity contribution >= 4 is 5.97 Å². The molecule has 0 spiro atoms. The van der Waals surface area contributed by atoms with Crippen LogP contribution in [0.25, 0.3) is 0 Å². The van der Waals surface area contributed by atoms with Crippen LogP contribution in [-0.2, 0) is 4.79 Å². The highest BCUT2D eigenvalue weighted by Crippen LogP contribution is 2.29. The van der Waals surface area contributed by atoms with Gasteiger partial charge in [0.25, 0.3) is 0 Å². The fraction of sp³-hybridized carbons (Fsp3) is 0.357. The summed E-state index contributed by atoms with van der Waals surface area (Å²) in [7, 11) is 0. The summed E-state index contributed by atoms with van der Waals surface area (Å²) >= 11 is 0. The number of carboxylic acids is 1. The lowest BCUT2D eigenvalue weighted by Gasteiger charge is -2.17. The highest BCUT2D eigenvalue weighted by atomic mass is 16.4. The van der Waals surface area contributed by atoms with Crippen LogP contribution in [0.2, 0.25) is 0 Å². The maximum Gasteiger partial charge on any atom is 0.307 e. The van der Waals surface area contributed by atoms with Crippen molar-refractivity contribution in [1.82, 2.24) is 0 Å². The van der Waals surface area contributed by atoms with Crippen LogP contribution in [-0.4, -0.2) is 11.1 Å². The van der Waals surface area contributed by atoms with E-state index in [1.54, 1.807) is 0 Å². The normalized spacial score (nSPS) is 19.9. The maximum absolute atomic E-state index is 10.6. The Kier molecular flexibility index (Phi) is 3.40. The average Bonchev–Trinajstić information content (AvgIpc) is 2.30. The quantitative estimate of drug-likeness (QED) is 0.785. The van der Waals surface area contributed by atoms with Crippen molar-refractivity contribution in [3.05, 3.63) is 47.1 Å². The van der Waals surface area contributed by atoms with E-state index in [1.807, 2.05) is 6.08 Å². The first-order valence-corrected chi connectivity index (χ1v) is 5.72. The summed E-state index contributed by atoms with van der Waals surface area (Å²) in [6.45, 7) is 0. The van der Waals surface area contributed by atoms with Crippen molar-refractivity contribution in [2.24, 2.45) is 0 Å². The first-order chi connectivity index (χ1) is 7.75. The second kappa shape index (κ2) is 4.97. The fourth-order valence-electron chi connectivity index (χ4n) is 2.16. The number of hydrogen-bond acceptors (Lipinski definition) is 1. The molecular formula is C14H16O2. The molecule has 16 heavy (non-hydrogen) atoms. The molecule has 0 aromatic rings. The van der Waals surface area contributed by atoms with Gasteiger partial charge in [-0.2, -0.15) is 0 Å². The van der Waals surface area contributed by atoms with Gasteiger partial charge in [-0.15, -0.1) is 0 Å². The lowest BCUT2D eigenvalue weighted by molar-refractivity contribution is -0.136. The summed E-state index contributed by atoms with van der Waals surface area (Å²) in [4.78, 5) is 10.6. The topological polar surface area (TPSA) is 37.3 Å². The second-order valence-corrected chi connectivity index (χ2v) is 4.25. The molecule has 0 aromatic carbocycles. The van der Waals surface area contributed by atoms with Gasteiger partial charge in [-0.1, -0.05) is 36.0 Å².